The average molecular weight is 216 g/mol. The Labute approximate surface area is 91.5 Å². The van der Waals surface area contributed by atoms with Gasteiger partial charge in [0.1, 0.15) is 0 Å². The first-order chi connectivity index (χ1) is 7.66. The monoisotopic (exact) mass is 216 g/mol. The molecule has 0 saturated heterocycles. The lowest BCUT2D eigenvalue weighted by molar-refractivity contribution is -0.116. The molecule has 0 unspecified atom stereocenters. The van der Waals surface area contributed by atoms with Gasteiger partial charge in [0.2, 0.25) is 5.78 Å². The molecule has 0 amide bonds. The molecular weight excluding hydrogens is 208 g/mol. The molecule has 0 fully saturated rings. The average Bonchev–Trinajstić information content (AvgIpc) is 2.27. The number of para-hydroxylation sites is 2. The molecule has 1 N–H and O–H groups in total. The van der Waals surface area contributed by atoms with Gasteiger partial charge in [0.15, 0.2) is 23.0 Å². The van der Waals surface area contributed by atoms with Crippen molar-refractivity contribution in [3.05, 3.63) is 48.3 Å². The van der Waals surface area contributed by atoms with E-state index in [1.54, 1.807) is 12.1 Å². The molecule has 1 aromatic carbocycles. The summed E-state index contributed by atoms with van der Waals surface area (Å²) >= 11 is 0. The Balaban J connectivity index is 2.26. The first-order valence-corrected chi connectivity index (χ1v) is 4.61. The van der Waals surface area contributed by atoms with E-state index in [2.05, 4.69) is 0 Å². The van der Waals surface area contributed by atoms with Crippen molar-refractivity contribution in [2.75, 3.05) is 0 Å². The second-order valence-corrected chi connectivity index (χ2v) is 3.18. The van der Waals surface area contributed by atoms with Crippen LogP contribution in [-0.4, -0.2) is 16.7 Å². The topological polar surface area (TPSA) is 63.6 Å². The lowest BCUT2D eigenvalue weighted by Crippen LogP contribution is -2.12. The van der Waals surface area contributed by atoms with Crippen LogP contribution >= 0.6 is 0 Å². The molecule has 4 heteroatoms. The Kier molecular flexibility index (Phi) is 2.55. The Morgan fingerprint density at radius 3 is 2.56 bits per heavy atom. The number of aromatic hydroxyl groups is 1. The second kappa shape index (κ2) is 4.02. The highest BCUT2D eigenvalue weighted by Gasteiger charge is 2.16. The van der Waals surface area contributed by atoms with Gasteiger partial charge >= 0.3 is 0 Å². The molecule has 0 aromatic heterocycles. The van der Waals surface area contributed by atoms with Crippen LogP contribution in [0.2, 0.25) is 0 Å². The van der Waals surface area contributed by atoms with Gasteiger partial charge in [0, 0.05) is 6.08 Å². The van der Waals surface area contributed by atoms with Crippen molar-refractivity contribution in [2.24, 2.45) is 0 Å². The van der Waals surface area contributed by atoms with Gasteiger partial charge in [-0.2, -0.15) is 0 Å². The highest BCUT2D eigenvalue weighted by Crippen LogP contribution is 2.27. The van der Waals surface area contributed by atoms with Gasteiger partial charge in [-0.1, -0.05) is 12.1 Å². The maximum atomic E-state index is 11.3. The molecule has 16 heavy (non-hydrogen) atoms. The fourth-order valence-electron chi connectivity index (χ4n) is 1.23. The van der Waals surface area contributed by atoms with E-state index < -0.39 is 5.78 Å². The summed E-state index contributed by atoms with van der Waals surface area (Å²) in [5.41, 5.74) is 0. The minimum Gasteiger partial charge on any atom is -0.504 e. The maximum absolute atomic E-state index is 11.3. The molecule has 0 saturated carbocycles. The highest BCUT2D eigenvalue weighted by atomic mass is 16.5. The summed E-state index contributed by atoms with van der Waals surface area (Å²) in [6.07, 6.45) is 3.40. The van der Waals surface area contributed by atoms with Crippen LogP contribution in [-0.2, 0) is 9.59 Å². The first-order valence-electron chi connectivity index (χ1n) is 4.61. The summed E-state index contributed by atoms with van der Waals surface area (Å²) in [4.78, 5) is 22.4. The van der Waals surface area contributed by atoms with Gasteiger partial charge in [-0.05, 0) is 24.3 Å². The largest absolute Gasteiger partial charge is 0.504 e. The standard InChI is InChI=1S/C12H8O4/c13-8-5-6-10(15)12(7-8)16-11-4-2-1-3-9(11)14/h1-7,14H. The normalized spacial score (nSPS) is 14.9. The van der Waals surface area contributed by atoms with Crippen LogP contribution in [0.4, 0.5) is 0 Å². The molecule has 4 nitrogen and oxygen atoms in total. The van der Waals surface area contributed by atoms with Gasteiger partial charge in [-0.3, -0.25) is 9.59 Å². The number of phenols is 1. The minimum atomic E-state index is -0.400. The first kappa shape index (κ1) is 10.2. The smallest absolute Gasteiger partial charge is 0.221 e. The van der Waals surface area contributed by atoms with E-state index in [4.69, 9.17) is 4.74 Å². The van der Waals surface area contributed by atoms with E-state index in [1.807, 2.05) is 0 Å². The zero-order chi connectivity index (χ0) is 11.5. The van der Waals surface area contributed by atoms with E-state index in [0.717, 1.165) is 12.2 Å². The number of hydrogen-bond donors (Lipinski definition) is 1. The highest BCUT2D eigenvalue weighted by molar-refractivity contribution is 6.16. The third-order valence-electron chi connectivity index (χ3n) is 2.00. The maximum Gasteiger partial charge on any atom is 0.221 e. The summed E-state index contributed by atoms with van der Waals surface area (Å²) in [5, 5.41) is 9.43. The molecule has 2 rings (SSSR count). The number of carbonyl (C=O) groups excluding carboxylic acids is 2. The van der Waals surface area contributed by atoms with Crippen LogP contribution in [0, 0.1) is 0 Å². The summed E-state index contributed by atoms with van der Waals surface area (Å²) in [6, 6.07) is 6.22. The molecule has 0 aliphatic heterocycles. The Bertz CT molecular complexity index is 512. The van der Waals surface area contributed by atoms with E-state index in [-0.39, 0.29) is 23.0 Å². The van der Waals surface area contributed by atoms with Crippen molar-refractivity contribution in [1.29, 1.82) is 0 Å². The van der Waals surface area contributed by atoms with Crippen LogP contribution in [0.15, 0.2) is 48.3 Å². The summed E-state index contributed by atoms with van der Waals surface area (Å²) < 4.78 is 5.16. The Morgan fingerprint density at radius 2 is 1.81 bits per heavy atom. The predicted octanol–water partition coefficient (Wildman–Crippen LogP) is 1.36. The van der Waals surface area contributed by atoms with Crippen molar-refractivity contribution in [2.45, 2.75) is 0 Å². The van der Waals surface area contributed by atoms with Crippen molar-refractivity contribution in [3.63, 3.8) is 0 Å². The minimum absolute atomic E-state index is 0.0850. The number of ether oxygens (including phenoxy) is 1. The second-order valence-electron chi connectivity index (χ2n) is 3.18. The molecule has 80 valence electrons. The van der Waals surface area contributed by atoms with Gasteiger partial charge in [-0.25, -0.2) is 0 Å². The van der Waals surface area contributed by atoms with E-state index in [9.17, 15) is 14.7 Å². The van der Waals surface area contributed by atoms with Crippen LogP contribution in [0.3, 0.4) is 0 Å². The number of benzene rings is 1. The van der Waals surface area contributed by atoms with Crippen LogP contribution in [0.5, 0.6) is 11.5 Å². The number of ketones is 2. The zero-order valence-corrected chi connectivity index (χ0v) is 8.21. The molecular formula is C12H8O4. The fraction of sp³-hybridized carbons (Fsp3) is 0. The fourth-order valence-corrected chi connectivity index (χ4v) is 1.23. The molecule has 0 bridgehead atoms. The lowest BCUT2D eigenvalue weighted by atomic mass is 10.1. The van der Waals surface area contributed by atoms with Gasteiger partial charge in [0.05, 0.1) is 0 Å². The third-order valence-corrected chi connectivity index (χ3v) is 2.00. The molecule has 0 heterocycles. The molecule has 0 atom stereocenters. The third kappa shape index (κ3) is 2.00. The van der Waals surface area contributed by atoms with E-state index >= 15 is 0 Å². The van der Waals surface area contributed by atoms with Crippen molar-refractivity contribution in [3.8, 4) is 11.5 Å². The number of rotatable bonds is 2. The molecule has 1 aromatic rings. The lowest BCUT2D eigenvalue weighted by Gasteiger charge is -2.09. The van der Waals surface area contributed by atoms with Gasteiger partial charge in [0.25, 0.3) is 0 Å². The van der Waals surface area contributed by atoms with Gasteiger partial charge in [-0.15, -0.1) is 0 Å². The van der Waals surface area contributed by atoms with E-state index in [1.165, 1.54) is 18.2 Å². The Hall–Kier alpha value is -2.36. The van der Waals surface area contributed by atoms with Crippen LogP contribution in [0.1, 0.15) is 0 Å². The molecule has 1 aliphatic rings. The van der Waals surface area contributed by atoms with Crippen LogP contribution in [0.25, 0.3) is 0 Å². The Morgan fingerprint density at radius 1 is 1.06 bits per heavy atom. The van der Waals surface area contributed by atoms with Gasteiger partial charge < -0.3 is 9.84 Å². The molecule has 1 aliphatic carbocycles. The summed E-state index contributed by atoms with van der Waals surface area (Å²) in [5.74, 6) is -0.745. The van der Waals surface area contributed by atoms with E-state index in [0.29, 0.717) is 0 Å². The summed E-state index contributed by atoms with van der Waals surface area (Å²) in [7, 11) is 0. The quantitative estimate of drug-likeness (QED) is 0.758. The number of phenolic OH excluding ortho intramolecular Hbond substituents is 1. The molecule has 0 spiro atoms. The van der Waals surface area contributed by atoms with Crippen molar-refractivity contribution < 1.29 is 19.4 Å². The SMILES string of the molecule is O=C1C=CC(=O)C(Oc2ccccc2O)=C1. The summed E-state index contributed by atoms with van der Waals surface area (Å²) in [6.45, 7) is 0. The van der Waals surface area contributed by atoms with Crippen molar-refractivity contribution >= 4 is 11.6 Å². The predicted molar refractivity (Wildman–Crippen MR) is 56.0 cm³/mol. The van der Waals surface area contributed by atoms with Crippen molar-refractivity contribution in [1.82, 2.24) is 0 Å². The number of carbonyl (C=O) groups is 2. The zero-order valence-electron chi connectivity index (χ0n) is 8.21. The molecule has 0 radical (unpaired) electrons. The number of allylic oxidation sites excluding steroid dienone is 3. The van der Waals surface area contributed by atoms with Crippen LogP contribution < -0.4 is 4.74 Å². The number of hydrogen-bond acceptors (Lipinski definition) is 4.